The predicted octanol–water partition coefficient (Wildman–Crippen LogP) is 2.32. The van der Waals surface area contributed by atoms with Gasteiger partial charge in [0.05, 0.1) is 5.56 Å². The third-order valence-electron chi connectivity index (χ3n) is 1.67. The van der Waals surface area contributed by atoms with Crippen LogP contribution in [0.25, 0.3) is 0 Å². The van der Waals surface area contributed by atoms with Crippen molar-refractivity contribution in [2.75, 3.05) is 0 Å². The molecule has 0 aromatic heterocycles. The van der Waals surface area contributed by atoms with Crippen molar-refractivity contribution in [3.8, 4) is 0 Å². The van der Waals surface area contributed by atoms with Gasteiger partial charge in [0.1, 0.15) is 0 Å². The van der Waals surface area contributed by atoms with Crippen LogP contribution in [0.1, 0.15) is 11.1 Å². The monoisotopic (exact) mass is 224 g/mol. The van der Waals surface area contributed by atoms with Crippen LogP contribution >= 0.6 is 11.6 Å². The Balaban J connectivity index is 3.15. The molecule has 1 aromatic carbocycles. The lowest BCUT2D eigenvalue weighted by Gasteiger charge is -2.12. The van der Waals surface area contributed by atoms with E-state index >= 15 is 0 Å². The van der Waals surface area contributed by atoms with Crippen LogP contribution in [0.15, 0.2) is 18.2 Å². The molecule has 6 heteroatoms. The molecular weight excluding hydrogens is 217 g/mol. The Morgan fingerprint density at radius 3 is 2.50 bits per heavy atom. The minimum absolute atomic E-state index is 0.0347. The maximum Gasteiger partial charge on any atom is 0.416 e. The lowest BCUT2D eigenvalue weighted by molar-refractivity contribution is -0.138. The Bertz CT molecular complexity index is 325. The van der Waals surface area contributed by atoms with Crippen molar-refractivity contribution in [2.45, 2.75) is 12.7 Å². The van der Waals surface area contributed by atoms with Crippen molar-refractivity contribution in [1.29, 1.82) is 0 Å². The summed E-state index contributed by atoms with van der Waals surface area (Å²) in [4.78, 5) is 0. The zero-order valence-electron chi connectivity index (χ0n) is 7.03. The first-order chi connectivity index (χ1) is 6.45. The van der Waals surface area contributed by atoms with Crippen LogP contribution in [0, 0.1) is 0 Å². The second-order valence-electron chi connectivity index (χ2n) is 2.68. The molecule has 1 rings (SSSR count). The molecule has 3 N–H and O–H groups in total. The largest absolute Gasteiger partial charge is 0.416 e. The molecule has 1 aromatic rings. The highest BCUT2D eigenvalue weighted by atomic mass is 35.5. The summed E-state index contributed by atoms with van der Waals surface area (Å²) >= 11 is 5.57. The SMILES string of the molecule is NNCc1cc(Cl)ccc1C(F)(F)F. The van der Waals surface area contributed by atoms with Gasteiger partial charge in [-0.25, -0.2) is 0 Å². The third-order valence-corrected chi connectivity index (χ3v) is 1.90. The van der Waals surface area contributed by atoms with E-state index in [0.717, 1.165) is 6.07 Å². The predicted molar refractivity (Wildman–Crippen MR) is 47.5 cm³/mol. The van der Waals surface area contributed by atoms with Crippen LogP contribution in [-0.4, -0.2) is 0 Å². The van der Waals surface area contributed by atoms with Gasteiger partial charge in [-0.1, -0.05) is 11.6 Å². The molecular formula is C8H8ClF3N2. The molecule has 0 saturated carbocycles. The highest BCUT2D eigenvalue weighted by Gasteiger charge is 2.32. The smallest absolute Gasteiger partial charge is 0.271 e. The summed E-state index contributed by atoms with van der Waals surface area (Å²) in [7, 11) is 0. The van der Waals surface area contributed by atoms with Gasteiger partial charge in [-0.15, -0.1) is 0 Å². The lowest BCUT2D eigenvalue weighted by Crippen LogP contribution is -2.23. The van der Waals surface area contributed by atoms with E-state index in [1.165, 1.54) is 12.1 Å². The number of hydrogen-bond acceptors (Lipinski definition) is 2. The maximum absolute atomic E-state index is 12.4. The molecule has 0 aliphatic carbocycles. The first-order valence-electron chi connectivity index (χ1n) is 3.74. The standard InChI is InChI=1S/C8H8ClF3N2/c9-6-1-2-7(8(10,11)12)5(3-6)4-14-13/h1-3,14H,4,13H2. The van der Waals surface area contributed by atoms with Crippen LogP contribution in [0.4, 0.5) is 13.2 Å². The van der Waals surface area contributed by atoms with Crippen LogP contribution in [-0.2, 0) is 12.7 Å². The number of alkyl halides is 3. The summed E-state index contributed by atoms with van der Waals surface area (Å²) in [6.07, 6.45) is -4.38. The quantitative estimate of drug-likeness (QED) is 0.598. The van der Waals surface area contributed by atoms with Gasteiger partial charge in [-0.05, 0) is 23.8 Å². The van der Waals surface area contributed by atoms with Crippen LogP contribution in [0.2, 0.25) is 5.02 Å². The molecule has 2 nitrogen and oxygen atoms in total. The molecule has 0 saturated heterocycles. The zero-order chi connectivity index (χ0) is 10.8. The topological polar surface area (TPSA) is 38.0 Å². The van der Waals surface area contributed by atoms with Crippen molar-refractivity contribution in [3.05, 3.63) is 34.3 Å². The fourth-order valence-corrected chi connectivity index (χ4v) is 1.29. The number of hydrogen-bond donors (Lipinski definition) is 2. The van der Waals surface area contributed by atoms with Gasteiger partial charge in [-0.3, -0.25) is 11.3 Å². The van der Waals surface area contributed by atoms with Gasteiger partial charge >= 0.3 is 6.18 Å². The number of hydrazine groups is 1. The van der Waals surface area contributed by atoms with E-state index in [9.17, 15) is 13.2 Å². The minimum atomic E-state index is -4.38. The fraction of sp³-hybridized carbons (Fsp3) is 0.250. The molecule has 78 valence electrons. The minimum Gasteiger partial charge on any atom is -0.271 e. The van der Waals surface area contributed by atoms with Gasteiger partial charge in [0, 0.05) is 11.6 Å². The number of nitrogens with one attached hydrogen (secondary N) is 1. The first-order valence-corrected chi connectivity index (χ1v) is 4.12. The molecule has 0 aliphatic rings. The Morgan fingerprint density at radius 1 is 1.36 bits per heavy atom. The molecule has 0 heterocycles. The Hall–Kier alpha value is -0.780. The summed E-state index contributed by atoms with van der Waals surface area (Å²) in [6, 6.07) is 3.38. The van der Waals surface area contributed by atoms with Gasteiger partial charge in [0.25, 0.3) is 0 Å². The zero-order valence-corrected chi connectivity index (χ0v) is 7.78. The molecule has 0 unspecified atom stereocenters. The van der Waals surface area contributed by atoms with Crippen molar-refractivity contribution < 1.29 is 13.2 Å². The number of halogens is 4. The van der Waals surface area contributed by atoms with Crippen LogP contribution < -0.4 is 11.3 Å². The average molecular weight is 225 g/mol. The Morgan fingerprint density at radius 2 is 2.00 bits per heavy atom. The number of benzene rings is 1. The van der Waals surface area contributed by atoms with Gasteiger partial charge < -0.3 is 0 Å². The normalized spacial score (nSPS) is 11.8. The van der Waals surface area contributed by atoms with Gasteiger partial charge in [-0.2, -0.15) is 13.2 Å². The second-order valence-corrected chi connectivity index (χ2v) is 3.12. The van der Waals surface area contributed by atoms with Crippen molar-refractivity contribution >= 4 is 11.6 Å². The third kappa shape index (κ3) is 2.60. The van der Waals surface area contributed by atoms with E-state index in [2.05, 4.69) is 5.43 Å². The van der Waals surface area contributed by atoms with Crippen LogP contribution in [0.5, 0.6) is 0 Å². The van der Waals surface area contributed by atoms with Crippen molar-refractivity contribution in [2.24, 2.45) is 5.84 Å². The molecule has 14 heavy (non-hydrogen) atoms. The molecule has 0 atom stereocenters. The molecule has 0 aliphatic heterocycles. The molecule has 0 bridgehead atoms. The summed E-state index contributed by atoms with van der Waals surface area (Å²) in [5.41, 5.74) is 1.48. The highest BCUT2D eigenvalue weighted by Crippen LogP contribution is 2.33. The Kier molecular flexibility index (Phi) is 3.36. The first kappa shape index (κ1) is 11.3. The van der Waals surface area contributed by atoms with Crippen molar-refractivity contribution in [1.82, 2.24) is 5.43 Å². The molecule has 0 amide bonds. The van der Waals surface area contributed by atoms with E-state index in [0.29, 0.717) is 0 Å². The lowest BCUT2D eigenvalue weighted by atomic mass is 10.1. The van der Waals surface area contributed by atoms with E-state index in [-0.39, 0.29) is 17.1 Å². The number of nitrogens with two attached hydrogens (primary N) is 1. The summed E-state index contributed by atoms with van der Waals surface area (Å²) < 4.78 is 37.2. The maximum atomic E-state index is 12.4. The molecule has 0 fully saturated rings. The summed E-state index contributed by atoms with van der Waals surface area (Å²) in [5, 5.41) is 0.253. The summed E-state index contributed by atoms with van der Waals surface area (Å²) in [5.74, 6) is 4.96. The van der Waals surface area contributed by atoms with E-state index in [1.54, 1.807) is 0 Å². The molecule has 0 radical (unpaired) electrons. The van der Waals surface area contributed by atoms with Crippen LogP contribution in [0.3, 0.4) is 0 Å². The second kappa shape index (κ2) is 4.16. The number of rotatable bonds is 2. The fourth-order valence-electron chi connectivity index (χ4n) is 1.10. The van der Waals surface area contributed by atoms with Gasteiger partial charge in [0.2, 0.25) is 0 Å². The molecule has 0 spiro atoms. The van der Waals surface area contributed by atoms with E-state index in [1.807, 2.05) is 0 Å². The van der Waals surface area contributed by atoms with E-state index in [4.69, 9.17) is 17.4 Å². The average Bonchev–Trinajstić information content (AvgIpc) is 2.02. The summed E-state index contributed by atoms with van der Waals surface area (Å²) in [6.45, 7) is -0.0740. The van der Waals surface area contributed by atoms with Gasteiger partial charge in [0.15, 0.2) is 0 Å². The highest BCUT2D eigenvalue weighted by molar-refractivity contribution is 6.30. The Labute approximate surface area is 83.8 Å². The van der Waals surface area contributed by atoms with Crippen molar-refractivity contribution in [3.63, 3.8) is 0 Å². The van der Waals surface area contributed by atoms with E-state index < -0.39 is 11.7 Å².